The second-order valence-electron chi connectivity index (χ2n) is 6.60. The van der Waals surface area contributed by atoms with E-state index >= 15 is 0 Å². The third-order valence-electron chi connectivity index (χ3n) is 4.99. The van der Waals surface area contributed by atoms with Gasteiger partial charge in [-0.2, -0.15) is 0 Å². The molecule has 2 unspecified atom stereocenters. The Kier molecular flexibility index (Phi) is 5.11. The molecule has 3 rings (SSSR count). The molecule has 1 aromatic carbocycles. The van der Waals surface area contributed by atoms with Crippen molar-refractivity contribution in [3.05, 3.63) is 35.4 Å². The molecular weight excluding hydrogens is 276 g/mol. The fourth-order valence-corrected chi connectivity index (χ4v) is 3.70. The number of carbonyl (C=O) groups excluding carboxylic acids is 1. The lowest BCUT2D eigenvalue weighted by molar-refractivity contribution is -0.122. The zero-order valence-electron chi connectivity index (χ0n) is 13.1. The molecule has 120 valence electrons. The summed E-state index contributed by atoms with van der Waals surface area (Å²) in [5.41, 5.74) is 2.67. The van der Waals surface area contributed by atoms with Gasteiger partial charge < -0.3 is 15.3 Å². The van der Waals surface area contributed by atoms with Gasteiger partial charge in [0.2, 0.25) is 5.91 Å². The van der Waals surface area contributed by atoms with Gasteiger partial charge in [0.05, 0.1) is 6.04 Å². The summed E-state index contributed by atoms with van der Waals surface area (Å²) in [6, 6.07) is 8.64. The van der Waals surface area contributed by atoms with Gasteiger partial charge in [-0.3, -0.25) is 4.79 Å². The molecule has 0 radical (unpaired) electrons. The van der Waals surface area contributed by atoms with E-state index in [0.29, 0.717) is 12.3 Å². The van der Waals surface area contributed by atoms with Crippen LogP contribution < -0.4 is 5.32 Å². The number of nitrogens with one attached hydrogen (secondary N) is 1. The van der Waals surface area contributed by atoms with Crippen molar-refractivity contribution in [2.45, 2.75) is 38.1 Å². The molecule has 22 heavy (non-hydrogen) atoms. The number of nitrogens with zero attached hydrogens (tertiary/aromatic N) is 1. The molecule has 2 atom stereocenters. The minimum absolute atomic E-state index is 0.147. The average Bonchev–Trinajstić information content (AvgIpc) is 3.01. The average molecular weight is 302 g/mol. The summed E-state index contributed by atoms with van der Waals surface area (Å²) >= 11 is 0. The number of hydrogen-bond acceptors (Lipinski definition) is 3. The quantitative estimate of drug-likeness (QED) is 0.873. The minimum atomic E-state index is 0.147. The molecule has 1 aliphatic carbocycles. The molecule has 2 aliphatic rings. The number of aliphatic hydroxyl groups excluding tert-OH is 1. The van der Waals surface area contributed by atoms with Gasteiger partial charge in [-0.15, -0.1) is 0 Å². The van der Waals surface area contributed by atoms with Gasteiger partial charge in [-0.05, 0) is 49.3 Å². The Morgan fingerprint density at radius 1 is 1.32 bits per heavy atom. The molecule has 4 nitrogen and oxygen atoms in total. The largest absolute Gasteiger partial charge is 0.396 e. The summed E-state index contributed by atoms with van der Waals surface area (Å²) < 4.78 is 0. The lowest BCUT2D eigenvalue weighted by Crippen LogP contribution is -2.33. The Balaban J connectivity index is 1.48. The third-order valence-corrected chi connectivity index (χ3v) is 4.99. The highest BCUT2D eigenvalue weighted by atomic mass is 16.3. The standard InChI is InChI=1S/C18H26N2O2/c21-13-14-8-10-20(12-14)11-9-18(22)19-17-7-3-5-15-4-1-2-6-16(15)17/h1-2,4,6,14,17,21H,3,5,7-13H2,(H,19,22). The highest BCUT2D eigenvalue weighted by Crippen LogP contribution is 2.29. The van der Waals surface area contributed by atoms with Gasteiger partial charge in [0.25, 0.3) is 0 Å². The maximum atomic E-state index is 12.2. The van der Waals surface area contributed by atoms with Crippen molar-refractivity contribution in [3.8, 4) is 0 Å². The van der Waals surface area contributed by atoms with Crippen molar-refractivity contribution in [2.75, 3.05) is 26.2 Å². The van der Waals surface area contributed by atoms with E-state index in [9.17, 15) is 4.79 Å². The van der Waals surface area contributed by atoms with E-state index < -0.39 is 0 Å². The Hall–Kier alpha value is -1.39. The summed E-state index contributed by atoms with van der Waals surface area (Å²) in [6.07, 6.45) is 4.91. The number of fused-ring (bicyclic) bond motifs is 1. The predicted molar refractivity (Wildman–Crippen MR) is 86.5 cm³/mol. The summed E-state index contributed by atoms with van der Waals surface area (Å²) in [5, 5.41) is 12.4. The Bertz CT molecular complexity index is 518. The first-order chi connectivity index (χ1) is 10.8. The molecule has 0 bridgehead atoms. The Labute approximate surface area is 132 Å². The molecule has 0 spiro atoms. The number of benzene rings is 1. The van der Waals surface area contributed by atoms with Crippen molar-refractivity contribution in [2.24, 2.45) is 5.92 Å². The molecule has 0 saturated carbocycles. The lowest BCUT2D eigenvalue weighted by atomic mass is 9.87. The normalized spacial score (nSPS) is 25.0. The zero-order valence-corrected chi connectivity index (χ0v) is 13.1. The van der Waals surface area contributed by atoms with Crippen LogP contribution in [0.3, 0.4) is 0 Å². The maximum absolute atomic E-state index is 12.2. The van der Waals surface area contributed by atoms with Crippen LogP contribution in [0.2, 0.25) is 0 Å². The van der Waals surface area contributed by atoms with E-state index in [-0.39, 0.29) is 18.6 Å². The molecule has 1 heterocycles. The Morgan fingerprint density at radius 2 is 2.18 bits per heavy atom. The van der Waals surface area contributed by atoms with Crippen molar-refractivity contribution < 1.29 is 9.90 Å². The molecule has 1 saturated heterocycles. The van der Waals surface area contributed by atoms with Gasteiger partial charge in [-0.1, -0.05) is 24.3 Å². The number of aliphatic hydroxyl groups is 1. The number of amides is 1. The third kappa shape index (κ3) is 3.68. The molecule has 4 heteroatoms. The summed E-state index contributed by atoms with van der Waals surface area (Å²) in [4.78, 5) is 14.5. The van der Waals surface area contributed by atoms with Crippen molar-refractivity contribution in [3.63, 3.8) is 0 Å². The SMILES string of the molecule is O=C(CCN1CCC(CO)C1)NC1CCCc2ccccc21. The van der Waals surface area contributed by atoms with Crippen LogP contribution in [0.15, 0.2) is 24.3 Å². The molecular formula is C18H26N2O2. The highest BCUT2D eigenvalue weighted by Gasteiger charge is 2.24. The van der Waals surface area contributed by atoms with E-state index in [4.69, 9.17) is 5.11 Å². The lowest BCUT2D eigenvalue weighted by Gasteiger charge is -2.26. The van der Waals surface area contributed by atoms with E-state index in [1.165, 1.54) is 11.1 Å². The molecule has 1 aliphatic heterocycles. The monoisotopic (exact) mass is 302 g/mol. The van der Waals surface area contributed by atoms with Gasteiger partial charge in [0.1, 0.15) is 0 Å². The minimum Gasteiger partial charge on any atom is -0.396 e. The number of likely N-dealkylation sites (tertiary alicyclic amines) is 1. The molecule has 2 N–H and O–H groups in total. The van der Waals surface area contributed by atoms with Gasteiger partial charge in [0.15, 0.2) is 0 Å². The molecule has 0 aromatic heterocycles. The molecule has 1 amide bonds. The second-order valence-corrected chi connectivity index (χ2v) is 6.60. The van der Waals surface area contributed by atoms with Crippen LogP contribution in [0, 0.1) is 5.92 Å². The Morgan fingerprint density at radius 3 is 3.00 bits per heavy atom. The smallest absolute Gasteiger partial charge is 0.221 e. The van der Waals surface area contributed by atoms with Crippen LogP contribution in [0.25, 0.3) is 0 Å². The van der Waals surface area contributed by atoms with E-state index in [2.05, 4.69) is 34.5 Å². The summed E-state index contributed by atoms with van der Waals surface area (Å²) in [7, 11) is 0. The summed E-state index contributed by atoms with van der Waals surface area (Å²) in [5.74, 6) is 0.544. The van der Waals surface area contributed by atoms with Crippen LogP contribution in [-0.2, 0) is 11.2 Å². The second kappa shape index (κ2) is 7.25. The first-order valence-corrected chi connectivity index (χ1v) is 8.46. The topological polar surface area (TPSA) is 52.6 Å². The van der Waals surface area contributed by atoms with Gasteiger partial charge in [-0.25, -0.2) is 0 Å². The van der Waals surface area contributed by atoms with Gasteiger partial charge >= 0.3 is 0 Å². The van der Waals surface area contributed by atoms with E-state index in [1.807, 2.05) is 0 Å². The predicted octanol–water partition coefficient (Wildman–Crippen LogP) is 1.88. The molecule has 1 aromatic rings. The summed E-state index contributed by atoms with van der Waals surface area (Å²) in [6.45, 7) is 3.00. The van der Waals surface area contributed by atoms with Crippen molar-refractivity contribution in [1.82, 2.24) is 10.2 Å². The first-order valence-electron chi connectivity index (χ1n) is 8.46. The number of hydrogen-bond donors (Lipinski definition) is 2. The number of carbonyl (C=O) groups is 1. The van der Waals surface area contributed by atoms with Crippen LogP contribution >= 0.6 is 0 Å². The first kappa shape index (κ1) is 15.5. The van der Waals surface area contributed by atoms with Gasteiger partial charge in [0, 0.05) is 26.1 Å². The van der Waals surface area contributed by atoms with Crippen LogP contribution in [0.5, 0.6) is 0 Å². The van der Waals surface area contributed by atoms with E-state index in [1.54, 1.807) is 0 Å². The van der Waals surface area contributed by atoms with Crippen LogP contribution in [-0.4, -0.2) is 42.2 Å². The fourth-order valence-electron chi connectivity index (χ4n) is 3.70. The maximum Gasteiger partial charge on any atom is 0.221 e. The van der Waals surface area contributed by atoms with Crippen LogP contribution in [0.4, 0.5) is 0 Å². The van der Waals surface area contributed by atoms with E-state index in [0.717, 1.165) is 45.3 Å². The highest BCUT2D eigenvalue weighted by molar-refractivity contribution is 5.76. The number of rotatable bonds is 5. The number of aryl methyl sites for hydroxylation is 1. The van der Waals surface area contributed by atoms with Crippen molar-refractivity contribution >= 4 is 5.91 Å². The zero-order chi connectivity index (χ0) is 15.4. The fraction of sp³-hybridized carbons (Fsp3) is 0.611. The molecule has 1 fully saturated rings. The van der Waals surface area contributed by atoms with Crippen LogP contribution in [0.1, 0.15) is 42.9 Å². The van der Waals surface area contributed by atoms with Crippen molar-refractivity contribution in [1.29, 1.82) is 0 Å².